The molecule has 0 bridgehead atoms. The Bertz CT molecular complexity index is 902. The van der Waals surface area contributed by atoms with Gasteiger partial charge >= 0.3 is 0 Å². The maximum atomic E-state index is 13.4. The van der Waals surface area contributed by atoms with Crippen LogP contribution in [0.1, 0.15) is 24.8 Å². The van der Waals surface area contributed by atoms with E-state index < -0.39 is 5.95 Å². The molecule has 0 saturated heterocycles. The van der Waals surface area contributed by atoms with Crippen molar-refractivity contribution in [2.24, 2.45) is 0 Å². The third kappa shape index (κ3) is 1.81. The zero-order chi connectivity index (χ0) is 15.2. The summed E-state index contributed by atoms with van der Waals surface area (Å²) in [6, 6.07) is 11.5. The predicted octanol–water partition coefficient (Wildman–Crippen LogP) is 3.50. The van der Waals surface area contributed by atoms with Gasteiger partial charge in [-0.05, 0) is 37.0 Å². The van der Waals surface area contributed by atoms with Crippen molar-refractivity contribution in [2.75, 3.05) is 0 Å². The van der Waals surface area contributed by atoms with Crippen LogP contribution in [0.25, 0.3) is 16.6 Å². The monoisotopic (exact) mass is 292 g/mol. The molecule has 3 aromatic rings. The zero-order valence-electron chi connectivity index (χ0n) is 11.8. The van der Waals surface area contributed by atoms with Crippen LogP contribution in [0.5, 0.6) is 0 Å². The Morgan fingerprint density at radius 2 is 2.09 bits per heavy atom. The number of nitrogens with zero attached hydrogens (tertiary/aromatic N) is 4. The standard InChI is InChI=1S/C17H13FN4/c18-16-9-14(4-7-20-16)22-15-8-13(3-2-12(15)10-21-22)17(11-19)5-1-6-17/h2-4,7-10H,1,5-6H2. The van der Waals surface area contributed by atoms with E-state index in [0.717, 1.165) is 35.7 Å². The number of pyridine rings is 1. The first-order valence-electron chi connectivity index (χ1n) is 7.23. The molecule has 0 aliphatic heterocycles. The van der Waals surface area contributed by atoms with Crippen molar-refractivity contribution in [3.05, 3.63) is 54.2 Å². The number of fused-ring (bicyclic) bond motifs is 1. The van der Waals surface area contributed by atoms with Crippen molar-refractivity contribution in [3.63, 3.8) is 0 Å². The quantitative estimate of drug-likeness (QED) is 0.679. The van der Waals surface area contributed by atoms with E-state index in [-0.39, 0.29) is 5.41 Å². The Morgan fingerprint density at radius 1 is 1.23 bits per heavy atom. The average Bonchev–Trinajstić information content (AvgIpc) is 2.90. The van der Waals surface area contributed by atoms with E-state index in [4.69, 9.17) is 0 Å². The van der Waals surface area contributed by atoms with E-state index in [1.807, 2.05) is 18.2 Å². The molecule has 2 aromatic heterocycles. The largest absolute Gasteiger partial charge is 0.233 e. The Kier molecular flexibility index (Phi) is 2.73. The highest BCUT2D eigenvalue weighted by atomic mass is 19.1. The molecule has 2 heterocycles. The van der Waals surface area contributed by atoms with E-state index in [9.17, 15) is 9.65 Å². The summed E-state index contributed by atoms with van der Waals surface area (Å²) in [5.74, 6) is -0.537. The van der Waals surface area contributed by atoms with Gasteiger partial charge in [0.2, 0.25) is 5.95 Å². The van der Waals surface area contributed by atoms with Crippen molar-refractivity contribution in [2.45, 2.75) is 24.7 Å². The van der Waals surface area contributed by atoms with Crippen molar-refractivity contribution < 1.29 is 4.39 Å². The summed E-state index contributed by atoms with van der Waals surface area (Å²) in [4.78, 5) is 3.57. The number of nitriles is 1. The molecule has 0 unspecified atom stereocenters. The first-order valence-corrected chi connectivity index (χ1v) is 7.23. The van der Waals surface area contributed by atoms with Gasteiger partial charge in [0.1, 0.15) is 0 Å². The summed E-state index contributed by atoms with van der Waals surface area (Å²) < 4.78 is 15.0. The van der Waals surface area contributed by atoms with Crippen LogP contribution in [0.4, 0.5) is 4.39 Å². The summed E-state index contributed by atoms with van der Waals surface area (Å²) in [5, 5.41) is 14.8. The Morgan fingerprint density at radius 3 is 2.77 bits per heavy atom. The highest BCUT2D eigenvalue weighted by Gasteiger charge is 2.39. The molecule has 1 aliphatic carbocycles. The third-order valence-corrected chi connectivity index (χ3v) is 4.50. The summed E-state index contributed by atoms with van der Waals surface area (Å²) in [6.07, 6.45) is 6.04. The molecular formula is C17H13FN4. The summed E-state index contributed by atoms with van der Waals surface area (Å²) in [5.41, 5.74) is 2.15. The zero-order valence-corrected chi connectivity index (χ0v) is 11.8. The Labute approximate surface area is 126 Å². The van der Waals surface area contributed by atoms with Crippen LogP contribution in [0.15, 0.2) is 42.7 Å². The highest BCUT2D eigenvalue weighted by molar-refractivity contribution is 5.81. The molecule has 108 valence electrons. The SMILES string of the molecule is N#CC1(c2ccc3cnn(-c4ccnc(F)c4)c3c2)CCC1. The molecule has 1 saturated carbocycles. The second-order valence-electron chi connectivity index (χ2n) is 5.71. The average molecular weight is 292 g/mol. The van der Waals surface area contributed by atoms with Gasteiger partial charge in [0.05, 0.1) is 28.9 Å². The third-order valence-electron chi connectivity index (χ3n) is 4.50. The van der Waals surface area contributed by atoms with Crippen LogP contribution in [0.3, 0.4) is 0 Å². The van der Waals surface area contributed by atoms with Crippen molar-refractivity contribution >= 4 is 10.9 Å². The fraction of sp³-hybridized carbons (Fsp3) is 0.235. The first-order chi connectivity index (χ1) is 10.7. The van der Waals surface area contributed by atoms with Gasteiger partial charge in [0.15, 0.2) is 0 Å². The van der Waals surface area contributed by atoms with E-state index in [0.29, 0.717) is 5.69 Å². The van der Waals surface area contributed by atoms with Gasteiger partial charge in [-0.25, -0.2) is 9.67 Å². The summed E-state index contributed by atoms with van der Waals surface area (Å²) in [7, 11) is 0. The van der Waals surface area contributed by atoms with Crippen LogP contribution in [0, 0.1) is 17.3 Å². The lowest BCUT2D eigenvalue weighted by Crippen LogP contribution is -2.32. The van der Waals surface area contributed by atoms with Crippen LogP contribution in [-0.4, -0.2) is 14.8 Å². The van der Waals surface area contributed by atoms with Gasteiger partial charge in [-0.3, -0.25) is 0 Å². The minimum absolute atomic E-state index is 0.368. The normalized spacial score (nSPS) is 16.2. The second-order valence-corrected chi connectivity index (χ2v) is 5.71. The minimum atomic E-state index is -0.537. The number of halogens is 1. The lowest BCUT2D eigenvalue weighted by molar-refractivity contribution is 0.324. The molecule has 0 radical (unpaired) electrons. The van der Waals surface area contributed by atoms with Crippen LogP contribution in [-0.2, 0) is 5.41 Å². The molecule has 0 amide bonds. The summed E-state index contributed by atoms with van der Waals surface area (Å²) >= 11 is 0. The second kappa shape index (κ2) is 4.63. The highest BCUT2D eigenvalue weighted by Crippen LogP contribution is 2.43. The summed E-state index contributed by atoms with van der Waals surface area (Å²) in [6.45, 7) is 0. The van der Waals surface area contributed by atoms with E-state index >= 15 is 0 Å². The molecule has 4 nitrogen and oxygen atoms in total. The fourth-order valence-electron chi connectivity index (χ4n) is 3.04. The Balaban J connectivity index is 1.89. The van der Waals surface area contributed by atoms with Gasteiger partial charge in [-0.2, -0.15) is 14.8 Å². The molecule has 4 rings (SSSR count). The number of rotatable bonds is 2. The maximum Gasteiger partial charge on any atom is 0.214 e. The smallest absolute Gasteiger partial charge is 0.214 e. The maximum absolute atomic E-state index is 13.4. The molecule has 22 heavy (non-hydrogen) atoms. The number of aromatic nitrogens is 3. The molecule has 0 N–H and O–H groups in total. The first kappa shape index (κ1) is 13.0. The fourth-order valence-corrected chi connectivity index (χ4v) is 3.04. The molecule has 1 aliphatic rings. The van der Waals surface area contributed by atoms with Gasteiger partial charge in [0.25, 0.3) is 0 Å². The lowest BCUT2D eigenvalue weighted by Gasteiger charge is -2.35. The van der Waals surface area contributed by atoms with Crippen molar-refractivity contribution in [1.29, 1.82) is 5.26 Å². The number of hydrogen-bond acceptors (Lipinski definition) is 3. The molecule has 5 heteroatoms. The Hall–Kier alpha value is -2.74. The van der Waals surface area contributed by atoms with Gasteiger partial charge in [0, 0.05) is 17.6 Å². The van der Waals surface area contributed by atoms with Crippen molar-refractivity contribution in [1.82, 2.24) is 14.8 Å². The number of hydrogen-bond donors (Lipinski definition) is 0. The van der Waals surface area contributed by atoms with Gasteiger partial charge < -0.3 is 0 Å². The van der Waals surface area contributed by atoms with Crippen LogP contribution >= 0.6 is 0 Å². The number of benzene rings is 1. The molecule has 1 aromatic carbocycles. The van der Waals surface area contributed by atoms with E-state index in [2.05, 4.69) is 16.2 Å². The van der Waals surface area contributed by atoms with Crippen molar-refractivity contribution in [3.8, 4) is 11.8 Å². The van der Waals surface area contributed by atoms with Crippen LogP contribution in [0.2, 0.25) is 0 Å². The molecular weight excluding hydrogens is 279 g/mol. The minimum Gasteiger partial charge on any atom is -0.233 e. The van der Waals surface area contributed by atoms with Gasteiger partial charge in [-0.15, -0.1) is 0 Å². The van der Waals surface area contributed by atoms with Gasteiger partial charge in [-0.1, -0.05) is 12.1 Å². The molecule has 0 atom stereocenters. The molecule has 1 fully saturated rings. The molecule has 0 spiro atoms. The lowest BCUT2D eigenvalue weighted by atomic mass is 9.65. The topological polar surface area (TPSA) is 54.5 Å². The van der Waals surface area contributed by atoms with Crippen LogP contribution < -0.4 is 0 Å². The van der Waals surface area contributed by atoms with E-state index in [1.165, 1.54) is 12.3 Å². The van der Waals surface area contributed by atoms with E-state index in [1.54, 1.807) is 16.9 Å². The predicted molar refractivity (Wildman–Crippen MR) is 80.0 cm³/mol.